The Hall–Kier alpha value is -1.55. The van der Waals surface area contributed by atoms with Crippen molar-refractivity contribution in [2.24, 2.45) is 5.92 Å². The molecular weight excluding hydrogens is 204 g/mol. The Morgan fingerprint density at radius 2 is 2.25 bits per heavy atom. The van der Waals surface area contributed by atoms with Gasteiger partial charge in [0, 0.05) is 11.8 Å². The minimum absolute atomic E-state index is 0.0559. The summed E-state index contributed by atoms with van der Waals surface area (Å²) in [6.45, 7) is 4.26. The van der Waals surface area contributed by atoms with Crippen LogP contribution in [0, 0.1) is 5.92 Å². The minimum atomic E-state index is 0.0559. The van der Waals surface area contributed by atoms with Crippen LogP contribution in [0.2, 0.25) is 0 Å². The summed E-state index contributed by atoms with van der Waals surface area (Å²) in [5.74, 6) is 0.371. The van der Waals surface area contributed by atoms with E-state index in [2.05, 4.69) is 24.1 Å². The number of hydrogen-bond donors (Lipinski definition) is 2. The molecule has 0 aliphatic heterocycles. The number of hydrogen-bond acceptors (Lipinski definition) is 4. The first-order valence-corrected chi connectivity index (χ1v) is 5.41. The maximum atomic E-state index is 9.23. The molecule has 1 unspecified atom stereocenters. The summed E-state index contributed by atoms with van der Waals surface area (Å²) in [5, 5.41) is 12.5. The van der Waals surface area contributed by atoms with Crippen molar-refractivity contribution in [1.82, 2.24) is 4.98 Å². The lowest BCUT2D eigenvalue weighted by Crippen LogP contribution is -2.29. The molecule has 16 heavy (non-hydrogen) atoms. The van der Waals surface area contributed by atoms with Gasteiger partial charge in [0.05, 0.1) is 12.6 Å². The van der Waals surface area contributed by atoms with Crippen LogP contribution in [0.4, 0.5) is 5.69 Å². The summed E-state index contributed by atoms with van der Waals surface area (Å²) >= 11 is 0. The molecule has 0 aliphatic carbocycles. The number of rotatable bonds is 4. The number of oxazole rings is 1. The van der Waals surface area contributed by atoms with Crippen molar-refractivity contribution in [3.63, 3.8) is 0 Å². The largest absolute Gasteiger partial charge is 0.443 e. The second-order valence-electron chi connectivity index (χ2n) is 4.21. The van der Waals surface area contributed by atoms with Crippen LogP contribution in [0.15, 0.2) is 29.0 Å². The number of anilines is 1. The van der Waals surface area contributed by atoms with Crippen LogP contribution in [0.5, 0.6) is 0 Å². The van der Waals surface area contributed by atoms with Crippen LogP contribution in [0.3, 0.4) is 0 Å². The number of benzene rings is 1. The number of nitrogens with zero attached hydrogens (tertiary/aromatic N) is 1. The van der Waals surface area contributed by atoms with E-state index in [0.29, 0.717) is 5.92 Å². The minimum Gasteiger partial charge on any atom is -0.443 e. The van der Waals surface area contributed by atoms with Gasteiger partial charge in [0.2, 0.25) is 0 Å². The van der Waals surface area contributed by atoms with Crippen molar-refractivity contribution < 1.29 is 9.52 Å². The van der Waals surface area contributed by atoms with Gasteiger partial charge in [-0.1, -0.05) is 13.8 Å². The molecule has 0 amide bonds. The van der Waals surface area contributed by atoms with Crippen LogP contribution in [-0.2, 0) is 0 Å². The molecule has 0 saturated carbocycles. The quantitative estimate of drug-likeness (QED) is 0.829. The third kappa shape index (κ3) is 2.17. The van der Waals surface area contributed by atoms with Gasteiger partial charge in [-0.25, -0.2) is 4.98 Å². The summed E-state index contributed by atoms with van der Waals surface area (Å²) < 4.78 is 5.22. The molecule has 1 heterocycles. The Balaban J connectivity index is 2.19. The Morgan fingerprint density at radius 3 is 2.94 bits per heavy atom. The van der Waals surface area contributed by atoms with Crippen LogP contribution >= 0.6 is 0 Å². The first-order chi connectivity index (χ1) is 7.70. The second-order valence-corrected chi connectivity index (χ2v) is 4.21. The topological polar surface area (TPSA) is 58.3 Å². The van der Waals surface area contributed by atoms with E-state index < -0.39 is 0 Å². The first-order valence-electron chi connectivity index (χ1n) is 5.41. The predicted molar refractivity (Wildman–Crippen MR) is 63.3 cm³/mol. The molecule has 2 N–H and O–H groups in total. The summed E-state index contributed by atoms with van der Waals surface area (Å²) in [6, 6.07) is 5.79. The highest BCUT2D eigenvalue weighted by Crippen LogP contribution is 2.19. The number of aliphatic hydroxyl groups excluding tert-OH is 1. The smallest absolute Gasteiger partial charge is 0.181 e. The lowest BCUT2D eigenvalue weighted by molar-refractivity contribution is 0.249. The molecule has 86 valence electrons. The molecule has 0 saturated heterocycles. The van der Waals surface area contributed by atoms with E-state index in [1.807, 2.05) is 18.2 Å². The van der Waals surface area contributed by atoms with Crippen molar-refractivity contribution >= 4 is 16.8 Å². The summed E-state index contributed by atoms with van der Waals surface area (Å²) in [6.07, 6.45) is 1.43. The van der Waals surface area contributed by atoms with Gasteiger partial charge < -0.3 is 14.8 Å². The summed E-state index contributed by atoms with van der Waals surface area (Å²) in [5.41, 5.74) is 2.54. The van der Waals surface area contributed by atoms with Crippen LogP contribution in [0.25, 0.3) is 11.1 Å². The SMILES string of the molecule is CC(C)C(CO)Nc1ccc2ncoc2c1. The zero-order valence-electron chi connectivity index (χ0n) is 9.47. The van der Waals surface area contributed by atoms with Gasteiger partial charge in [-0.15, -0.1) is 0 Å². The van der Waals surface area contributed by atoms with E-state index in [1.54, 1.807) is 0 Å². The van der Waals surface area contributed by atoms with Gasteiger partial charge in [0.15, 0.2) is 12.0 Å². The van der Waals surface area contributed by atoms with Gasteiger partial charge >= 0.3 is 0 Å². The number of aliphatic hydroxyl groups is 1. The first kappa shape index (κ1) is 11.0. The normalized spacial score (nSPS) is 13.2. The average molecular weight is 220 g/mol. The highest BCUT2D eigenvalue weighted by molar-refractivity contribution is 5.76. The maximum Gasteiger partial charge on any atom is 0.181 e. The fraction of sp³-hybridized carbons (Fsp3) is 0.417. The fourth-order valence-corrected chi connectivity index (χ4v) is 1.58. The van der Waals surface area contributed by atoms with Crippen molar-refractivity contribution in [3.05, 3.63) is 24.6 Å². The van der Waals surface area contributed by atoms with Gasteiger partial charge in [-0.05, 0) is 18.1 Å². The zero-order valence-corrected chi connectivity index (χ0v) is 9.47. The maximum absolute atomic E-state index is 9.23. The van der Waals surface area contributed by atoms with E-state index in [9.17, 15) is 5.11 Å². The Bertz CT molecular complexity index is 465. The molecule has 0 radical (unpaired) electrons. The van der Waals surface area contributed by atoms with Crippen molar-refractivity contribution in [3.8, 4) is 0 Å². The molecule has 2 rings (SSSR count). The highest BCUT2D eigenvalue weighted by Gasteiger charge is 2.12. The monoisotopic (exact) mass is 220 g/mol. The van der Waals surface area contributed by atoms with Crippen molar-refractivity contribution in [2.75, 3.05) is 11.9 Å². The predicted octanol–water partition coefficient (Wildman–Crippen LogP) is 2.26. The molecule has 4 nitrogen and oxygen atoms in total. The van der Waals surface area contributed by atoms with Crippen molar-refractivity contribution in [1.29, 1.82) is 0 Å². The van der Waals surface area contributed by atoms with E-state index >= 15 is 0 Å². The Kier molecular flexibility index (Phi) is 3.10. The Morgan fingerprint density at radius 1 is 1.44 bits per heavy atom. The summed E-state index contributed by atoms with van der Waals surface area (Å²) in [7, 11) is 0. The van der Waals surface area contributed by atoms with Gasteiger partial charge in [0.1, 0.15) is 5.52 Å². The lowest BCUT2D eigenvalue weighted by atomic mass is 10.1. The molecule has 0 bridgehead atoms. The second kappa shape index (κ2) is 4.53. The molecule has 2 aromatic rings. The number of nitrogens with one attached hydrogen (secondary N) is 1. The van der Waals surface area contributed by atoms with E-state index in [4.69, 9.17) is 4.42 Å². The molecule has 1 aromatic carbocycles. The standard InChI is InChI=1S/C12H16N2O2/c1-8(2)11(6-15)14-9-3-4-10-12(5-9)16-7-13-10/h3-5,7-8,11,14-15H,6H2,1-2H3. The zero-order chi connectivity index (χ0) is 11.5. The third-order valence-corrected chi connectivity index (χ3v) is 2.68. The van der Waals surface area contributed by atoms with Crippen molar-refractivity contribution in [2.45, 2.75) is 19.9 Å². The van der Waals surface area contributed by atoms with Gasteiger partial charge in [0.25, 0.3) is 0 Å². The molecule has 4 heteroatoms. The molecule has 1 atom stereocenters. The van der Waals surface area contributed by atoms with Crippen LogP contribution in [-0.4, -0.2) is 22.7 Å². The van der Waals surface area contributed by atoms with Crippen LogP contribution in [0.1, 0.15) is 13.8 Å². The van der Waals surface area contributed by atoms with E-state index in [1.165, 1.54) is 6.39 Å². The molecule has 0 fully saturated rings. The van der Waals surface area contributed by atoms with Gasteiger partial charge in [-0.2, -0.15) is 0 Å². The highest BCUT2D eigenvalue weighted by atomic mass is 16.3. The molecule has 0 spiro atoms. The lowest BCUT2D eigenvalue weighted by Gasteiger charge is -2.20. The number of fused-ring (bicyclic) bond motifs is 1. The molecule has 1 aromatic heterocycles. The molecular formula is C12H16N2O2. The van der Waals surface area contributed by atoms with E-state index in [-0.39, 0.29) is 12.6 Å². The van der Waals surface area contributed by atoms with Crippen LogP contribution < -0.4 is 5.32 Å². The van der Waals surface area contributed by atoms with E-state index in [0.717, 1.165) is 16.8 Å². The average Bonchev–Trinajstić information content (AvgIpc) is 2.72. The fourth-order valence-electron chi connectivity index (χ4n) is 1.58. The summed E-state index contributed by atoms with van der Waals surface area (Å²) in [4.78, 5) is 4.05. The third-order valence-electron chi connectivity index (χ3n) is 2.68. The Labute approximate surface area is 94.3 Å². The number of aromatic nitrogens is 1. The molecule has 0 aliphatic rings. The van der Waals surface area contributed by atoms with Gasteiger partial charge in [-0.3, -0.25) is 0 Å².